The van der Waals surface area contributed by atoms with Gasteiger partial charge in [0.1, 0.15) is 11.9 Å². The minimum atomic E-state index is -0.773. The van der Waals surface area contributed by atoms with Gasteiger partial charge in [-0.1, -0.05) is 37.3 Å². The van der Waals surface area contributed by atoms with Crippen molar-refractivity contribution in [2.24, 2.45) is 0 Å². The lowest BCUT2D eigenvalue weighted by Crippen LogP contribution is -2.01. The molecule has 0 aromatic heterocycles. The molecule has 0 fully saturated rings. The maximum Gasteiger partial charge on any atom is 0.123 e. The van der Waals surface area contributed by atoms with Gasteiger partial charge < -0.3 is 5.11 Å². The third-order valence-corrected chi connectivity index (χ3v) is 3.08. The van der Waals surface area contributed by atoms with Crippen molar-refractivity contribution in [1.29, 1.82) is 0 Å². The van der Waals surface area contributed by atoms with Crippen molar-refractivity contribution in [1.82, 2.24) is 0 Å². The smallest absolute Gasteiger partial charge is 0.123 e. The summed E-state index contributed by atoms with van der Waals surface area (Å²) in [6, 6.07) is 12.4. The van der Waals surface area contributed by atoms with Crippen molar-refractivity contribution in [3.8, 4) is 0 Å². The number of hydrogen-bond acceptors (Lipinski definition) is 1. The topological polar surface area (TPSA) is 20.2 Å². The number of hydrogen-bond donors (Lipinski definition) is 1. The lowest BCUT2D eigenvalue weighted by Gasteiger charge is -2.13. The Balaban J connectivity index is 2.31. The van der Waals surface area contributed by atoms with E-state index in [1.165, 1.54) is 17.7 Å². The van der Waals surface area contributed by atoms with Crippen LogP contribution in [0.15, 0.2) is 42.5 Å². The molecular formula is C16H17FO. The number of aliphatic hydroxyl groups is 1. The van der Waals surface area contributed by atoms with E-state index < -0.39 is 6.10 Å². The van der Waals surface area contributed by atoms with Crippen molar-refractivity contribution in [2.45, 2.75) is 26.4 Å². The highest BCUT2D eigenvalue weighted by atomic mass is 19.1. The number of benzene rings is 2. The molecule has 2 aromatic rings. The molecule has 2 aromatic carbocycles. The molecule has 0 aliphatic heterocycles. The zero-order valence-electron chi connectivity index (χ0n) is 10.7. The van der Waals surface area contributed by atoms with Crippen molar-refractivity contribution < 1.29 is 9.50 Å². The second kappa shape index (κ2) is 5.32. The summed E-state index contributed by atoms with van der Waals surface area (Å²) in [6.07, 6.45) is 0.195. The van der Waals surface area contributed by atoms with E-state index in [1.54, 1.807) is 0 Å². The lowest BCUT2D eigenvalue weighted by molar-refractivity contribution is 0.219. The van der Waals surface area contributed by atoms with E-state index >= 15 is 0 Å². The second-order valence-electron chi connectivity index (χ2n) is 4.56. The highest BCUT2D eigenvalue weighted by Crippen LogP contribution is 2.24. The summed E-state index contributed by atoms with van der Waals surface area (Å²) in [5.41, 5.74) is 3.42. The van der Waals surface area contributed by atoms with Crippen LogP contribution in [0.1, 0.15) is 35.3 Å². The Morgan fingerprint density at radius 1 is 1.06 bits per heavy atom. The molecule has 0 amide bonds. The molecule has 0 saturated heterocycles. The van der Waals surface area contributed by atoms with Gasteiger partial charge in [0.15, 0.2) is 0 Å². The monoisotopic (exact) mass is 244 g/mol. The molecule has 1 unspecified atom stereocenters. The zero-order valence-corrected chi connectivity index (χ0v) is 10.7. The minimum Gasteiger partial charge on any atom is -0.384 e. The molecule has 0 aliphatic rings. The molecule has 94 valence electrons. The van der Waals surface area contributed by atoms with Crippen LogP contribution in [0.4, 0.5) is 4.39 Å². The Morgan fingerprint density at radius 3 is 2.28 bits per heavy atom. The number of halogens is 1. The summed E-state index contributed by atoms with van der Waals surface area (Å²) < 4.78 is 13.3. The van der Waals surface area contributed by atoms with Gasteiger partial charge in [0, 0.05) is 0 Å². The zero-order chi connectivity index (χ0) is 13.1. The highest BCUT2D eigenvalue weighted by molar-refractivity contribution is 5.34. The number of aliphatic hydroxyl groups excluding tert-OH is 1. The van der Waals surface area contributed by atoms with Gasteiger partial charge in [-0.05, 0) is 47.7 Å². The van der Waals surface area contributed by atoms with Crippen LogP contribution in [0.5, 0.6) is 0 Å². The summed E-state index contributed by atoms with van der Waals surface area (Å²) in [5.74, 6) is -0.311. The summed E-state index contributed by atoms with van der Waals surface area (Å²) in [7, 11) is 0. The Hall–Kier alpha value is -1.67. The summed E-state index contributed by atoms with van der Waals surface area (Å²) >= 11 is 0. The second-order valence-corrected chi connectivity index (χ2v) is 4.56. The van der Waals surface area contributed by atoms with Crippen molar-refractivity contribution in [3.63, 3.8) is 0 Å². The van der Waals surface area contributed by atoms with E-state index in [-0.39, 0.29) is 5.82 Å². The molecule has 0 heterocycles. The summed E-state index contributed by atoms with van der Waals surface area (Å²) in [5, 5.41) is 10.2. The third-order valence-electron chi connectivity index (χ3n) is 3.08. The van der Waals surface area contributed by atoms with Gasteiger partial charge in [-0.25, -0.2) is 4.39 Å². The molecule has 2 rings (SSSR count). The van der Waals surface area contributed by atoms with E-state index in [1.807, 2.05) is 37.3 Å². The molecule has 0 bridgehead atoms. The van der Waals surface area contributed by atoms with E-state index in [9.17, 15) is 9.50 Å². The number of rotatable bonds is 3. The van der Waals surface area contributed by atoms with Gasteiger partial charge in [-0.2, -0.15) is 0 Å². The van der Waals surface area contributed by atoms with E-state index in [4.69, 9.17) is 0 Å². The minimum absolute atomic E-state index is 0.311. The summed E-state index contributed by atoms with van der Waals surface area (Å²) in [4.78, 5) is 0. The Kier molecular flexibility index (Phi) is 3.78. The maximum atomic E-state index is 13.3. The Labute approximate surface area is 107 Å². The standard InChI is InChI=1S/C16H17FO/c1-3-12-4-6-13(7-5-12)16(18)14-8-11(2)9-15(17)10-14/h4-10,16,18H,3H2,1-2H3. The molecular weight excluding hydrogens is 227 g/mol. The first-order chi connectivity index (χ1) is 8.60. The predicted octanol–water partition coefficient (Wildman–Crippen LogP) is 3.78. The van der Waals surface area contributed by atoms with Crippen molar-refractivity contribution in [2.75, 3.05) is 0 Å². The molecule has 2 heteroatoms. The average Bonchev–Trinajstić information content (AvgIpc) is 2.37. The van der Waals surface area contributed by atoms with Gasteiger partial charge in [-0.15, -0.1) is 0 Å². The Morgan fingerprint density at radius 2 is 1.72 bits per heavy atom. The van der Waals surface area contributed by atoms with Crippen molar-refractivity contribution >= 4 is 0 Å². The Bertz CT molecular complexity index is 511. The predicted molar refractivity (Wildman–Crippen MR) is 71.0 cm³/mol. The van der Waals surface area contributed by atoms with Crippen LogP contribution in [0.2, 0.25) is 0 Å². The molecule has 0 saturated carbocycles. The molecule has 0 spiro atoms. The SMILES string of the molecule is CCc1ccc(C(O)c2cc(C)cc(F)c2)cc1. The fourth-order valence-corrected chi connectivity index (χ4v) is 2.05. The lowest BCUT2D eigenvalue weighted by atomic mass is 9.98. The van der Waals surface area contributed by atoms with E-state index in [2.05, 4.69) is 6.92 Å². The quantitative estimate of drug-likeness (QED) is 0.871. The third kappa shape index (κ3) is 2.77. The first kappa shape index (κ1) is 12.8. The summed E-state index contributed by atoms with van der Waals surface area (Å²) in [6.45, 7) is 3.90. The van der Waals surface area contributed by atoms with Gasteiger partial charge in [0.2, 0.25) is 0 Å². The van der Waals surface area contributed by atoms with Crippen LogP contribution in [0, 0.1) is 12.7 Å². The van der Waals surface area contributed by atoms with Crippen LogP contribution >= 0.6 is 0 Å². The first-order valence-electron chi connectivity index (χ1n) is 6.14. The van der Waals surface area contributed by atoms with Gasteiger partial charge in [0.25, 0.3) is 0 Å². The van der Waals surface area contributed by atoms with Gasteiger partial charge in [-0.3, -0.25) is 0 Å². The molecule has 1 atom stereocenters. The van der Waals surface area contributed by atoms with Crippen LogP contribution < -0.4 is 0 Å². The van der Waals surface area contributed by atoms with Crippen LogP contribution in [-0.4, -0.2) is 5.11 Å². The molecule has 18 heavy (non-hydrogen) atoms. The van der Waals surface area contributed by atoms with Gasteiger partial charge in [0.05, 0.1) is 0 Å². The molecule has 1 N–H and O–H groups in total. The fourth-order valence-electron chi connectivity index (χ4n) is 2.05. The van der Waals surface area contributed by atoms with Gasteiger partial charge >= 0.3 is 0 Å². The molecule has 0 aliphatic carbocycles. The van der Waals surface area contributed by atoms with Crippen molar-refractivity contribution in [3.05, 3.63) is 70.5 Å². The maximum absolute atomic E-state index is 13.3. The van der Waals surface area contributed by atoms with Crippen LogP contribution in [0.3, 0.4) is 0 Å². The van der Waals surface area contributed by atoms with E-state index in [0.29, 0.717) is 5.56 Å². The average molecular weight is 244 g/mol. The molecule has 1 nitrogen and oxygen atoms in total. The molecule has 0 radical (unpaired) electrons. The normalized spacial score (nSPS) is 12.4. The van der Waals surface area contributed by atoms with E-state index in [0.717, 1.165) is 17.5 Å². The van der Waals surface area contributed by atoms with Crippen LogP contribution in [-0.2, 0) is 6.42 Å². The van der Waals surface area contributed by atoms with Crippen LogP contribution in [0.25, 0.3) is 0 Å². The fraction of sp³-hybridized carbons (Fsp3) is 0.250. The first-order valence-corrected chi connectivity index (χ1v) is 6.14. The largest absolute Gasteiger partial charge is 0.384 e. The highest BCUT2D eigenvalue weighted by Gasteiger charge is 2.11. The number of aryl methyl sites for hydroxylation is 2.